The number of benzene rings is 3. The van der Waals surface area contributed by atoms with Gasteiger partial charge in [-0.05, 0) is 62.2 Å². The number of nitrogens with zero attached hydrogens (tertiary/aromatic N) is 3. The summed E-state index contributed by atoms with van der Waals surface area (Å²) >= 11 is 0. The maximum absolute atomic E-state index is 13.6. The lowest BCUT2D eigenvalue weighted by molar-refractivity contribution is 0.0951. The second-order valence-electron chi connectivity index (χ2n) is 8.46. The molecule has 7 nitrogen and oxygen atoms in total. The van der Waals surface area contributed by atoms with E-state index in [9.17, 15) is 9.59 Å². The van der Waals surface area contributed by atoms with Crippen LogP contribution in [0.15, 0.2) is 77.6 Å². The number of carbonyl (C=O) groups excluding carboxylic acids is 1. The molecule has 1 N–H and O–H groups in total. The van der Waals surface area contributed by atoms with Crippen molar-refractivity contribution in [1.82, 2.24) is 14.9 Å². The van der Waals surface area contributed by atoms with Gasteiger partial charge in [-0.1, -0.05) is 42.5 Å². The molecule has 0 spiro atoms. The van der Waals surface area contributed by atoms with E-state index < -0.39 is 0 Å². The van der Waals surface area contributed by atoms with Crippen molar-refractivity contribution in [3.8, 4) is 5.75 Å². The summed E-state index contributed by atoms with van der Waals surface area (Å²) in [5.74, 6) is 1.15. The van der Waals surface area contributed by atoms with Crippen LogP contribution in [0.2, 0.25) is 0 Å². The molecule has 0 atom stereocenters. The van der Waals surface area contributed by atoms with Gasteiger partial charge in [0.2, 0.25) is 5.95 Å². The first kappa shape index (κ1) is 25.0. The van der Waals surface area contributed by atoms with Gasteiger partial charge in [0.25, 0.3) is 11.5 Å². The number of carbonyl (C=O) groups is 1. The predicted molar refractivity (Wildman–Crippen MR) is 144 cm³/mol. The zero-order valence-corrected chi connectivity index (χ0v) is 21.0. The summed E-state index contributed by atoms with van der Waals surface area (Å²) in [7, 11) is 0. The molecule has 0 radical (unpaired) electrons. The van der Waals surface area contributed by atoms with E-state index in [4.69, 9.17) is 9.72 Å². The van der Waals surface area contributed by atoms with Gasteiger partial charge in [0, 0.05) is 25.2 Å². The third kappa shape index (κ3) is 5.57. The number of anilines is 1. The second kappa shape index (κ2) is 11.5. The van der Waals surface area contributed by atoms with Crippen LogP contribution in [0.25, 0.3) is 10.9 Å². The van der Waals surface area contributed by atoms with Gasteiger partial charge in [0.1, 0.15) is 5.75 Å². The molecule has 0 aliphatic rings. The highest BCUT2D eigenvalue weighted by atomic mass is 16.5. The fraction of sp³-hybridized carbons (Fsp3) is 0.276. The Morgan fingerprint density at radius 2 is 1.69 bits per heavy atom. The molecule has 1 amide bonds. The van der Waals surface area contributed by atoms with E-state index in [0.29, 0.717) is 55.2 Å². The standard InChI is InChI=1S/C29H32N4O3/c1-4-32(5-2)29-31-26-18-23(27(34)30-19-22-13-10-14-24(17-22)36-6-3)15-16-25(26)28(35)33(29)20-21-11-8-7-9-12-21/h7-18H,4-6,19-20H2,1-3H3,(H,30,34). The highest BCUT2D eigenvalue weighted by Gasteiger charge is 2.17. The zero-order chi connectivity index (χ0) is 25.5. The summed E-state index contributed by atoms with van der Waals surface area (Å²) in [5.41, 5.74) is 2.82. The van der Waals surface area contributed by atoms with E-state index in [1.54, 1.807) is 22.8 Å². The molecular formula is C29H32N4O3. The van der Waals surface area contributed by atoms with Crippen molar-refractivity contribution in [2.45, 2.75) is 33.9 Å². The van der Waals surface area contributed by atoms with Gasteiger partial charge in [-0.25, -0.2) is 4.98 Å². The monoisotopic (exact) mass is 484 g/mol. The maximum atomic E-state index is 13.6. The Hall–Kier alpha value is -4.13. The van der Waals surface area contributed by atoms with Crippen LogP contribution in [-0.2, 0) is 13.1 Å². The lowest BCUT2D eigenvalue weighted by atomic mass is 10.1. The molecule has 0 aliphatic carbocycles. The average Bonchev–Trinajstić information content (AvgIpc) is 2.91. The molecule has 0 saturated carbocycles. The molecule has 0 unspecified atom stereocenters. The number of nitrogens with one attached hydrogen (secondary N) is 1. The number of ether oxygens (including phenoxy) is 1. The Bertz CT molecular complexity index is 1400. The molecule has 4 rings (SSSR count). The molecular weight excluding hydrogens is 452 g/mol. The summed E-state index contributed by atoms with van der Waals surface area (Å²) in [5, 5.41) is 3.44. The van der Waals surface area contributed by atoms with Crippen molar-refractivity contribution >= 4 is 22.8 Å². The topological polar surface area (TPSA) is 76.5 Å². The Balaban J connectivity index is 1.65. The van der Waals surface area contributed by atoms with Crippen molar-refractivity contribution in [2.75, 3.05) is 24.6 Å². The fourth-order valence-electron chi connectivity index (χ4n) is 4.20. The van der Waals surface area contributed by atoms with Crippen LogP contribution in [-0.4, -0.2) is 35.2 Å². The van der Waals surface area contributed by atoms with E-state index in [1.165, 1.54) is 0 Å². The maximum Gasteiger partial charge on any atom is 0.263 e. The molecule has 1 heterocycles. The van der Waals surface area contributed by atoms with E-state index in [-0.39, 0.29) is 11.5 Å². The van der Waals surface area contributed by atoms with Crippen molar-refractivity contribution in [3.05, 3.63) is 99.8 Å². The van der Waals surface area contributed by atoms with Gasteiger partial charge in [-0.2, -0.15) is 0 Å². The minimum absolute atomic E-state index is 0.120. The quantitative estimate of drug-likeness (QED) is 0.355. The first-order chi connectivity index (χ1) is 17.5. The average molecular weight is 485 g/mol. The van der Waals surface area contributed by atoms with Crippen LogP contribution in [0.3, 0.4) is 0 Å². The van der Waals surface area contributed by atoms with Gasteiger partial charge >= 0.3 is 0 Å². The minimum atomic E-state index is -0.224. The van der Waals surface area contributed by atoms with Crippen LogP contribution in [0.5, 0.6) is 5.75 Å². The second-order valence-corrected chi connectivity index (χ2v) is 8.46. The van der Waals surface area contributed by atoms with E-state index in [1.807, 2.05) is 75.4 Å². The van der Waals surface area contributed by atoms with Crippen LogP contribution < -0.4 is 20.5 Å². The molecule has 186 valence electrons. The fourth-order valence-corrected chi connectivity index (χ4v) is 4.20. The van der Waals surface area contributed by atoms with Gasteiger partial charge in [-0.3, -0.25) is 14.2 Å². The number of aromatic nitrogens is 2. The molecule has 3 aromatic carbocycles. The van der Waals surface area contributed by atoms with Gasteiger partial charge in [-0.15, -0.1) is 0 Å². The highest BCUT2D eigenvalue weighted by molar-refractivity contribution is 5.97. The highest BCUT2D eigenvalue weighted by Crippen LogP contribution is 2.19. The normalized spacial score (nSPS) is 10.9. The SMILES string of the molecule is CCOc1cccc(CNC(=O)c2ccc3c(=O)n(Cc4ccccc4)c(N(CC)CC)nc3c2)c1. The first-order valence-corrected chi connectivity index (χ1v) is 12.4. The molecule has 36 heavy (non-hydrogen) atoms. The first-order valence-electron chi connectivity index (χ1n) is 12.4. The van der Waals surface area contributed by atoms with Crippen LogP contribution >= 0.6 is 0 Å². The molecule has 0 saturated heterocycles. The third-order valence-corrected chi connectivity index (χ3v) is 6.09. The molecule has 1 aromatic heterocycles. The summed E-state index contributed by atoms with van der Waals surface area (Å²) < 4.78 is 7.25. The van der Waals surface area contributed by atoms with Crippen LogP contribution in [0.4, 0.5) is 5.95 Å². The van der Waals surface area contributed by atoms with Gasteiger partial charge < -0.3 is 15.0 Å². The Morgan fingerprint density at radius 3 is 2.42 bits per heavy atom. The van der Waals surface area contributed by atoms with Crippen molar-refractivity contribution in [2.24, 2.45) is 0 Å². The lowest BCUT2D eigenvalue weighted by Gasteiger charge is -2.24. The Kier molecular flexibility index (Phi) is 8.00. The molecule has 0 bridgehead atoms. The van der Waals surface area contributed by atoms with Gasteiger partial charge in [0.15, 0.2) is 0 Å². The molecule has 0 fully saturated rings. The van der Waals surface area contributed by atoms with E-state index in [0.717, 1.165) is 16.9 Å². The summed E-state index contributed by atoms with van der Waals surface area (Å²) in [6, 6.07) is 22.6. The van der Waals surface area contributed by atoms with Crippen LogP contribution in [0, 0.1) is 0 Å². The number of amides is 1. The number of rotatable bonds is 10. The number of hydrogen-bond acceptors (Lipinski definition) is 5. The smallest absolute Gasteiger partial charge is 0.263 e. The van der Waals surface area contributed by atoms with Crippen molar-refractivity contribution < 1.29 is 9.53 Å². The lowest BCUT2D eigenvalue weighted by Crippen LogP contribution is -2.33. The van der Waals surface area contributed by atoms with Crippen LogP contribution in [0.1, 0.15) is 42.3 Å². The third-order valence-electron chi connectivity index (χ3n) is 6.09. The summed E-state index contributed by atoms with van der Waals surface area (Å²) in [6.45, 7) is 8.82. The molecule has 7 heteroatoms. The number of fused-ring (bicyclic) bond motifs is 1. The molecule has 0 aliphatic heterocycles. The summed E-state index contributed by atoms with van der Waals surface area (Å²) in [4.78, 5) is 33.4. The summed E-state index contributed by atoms with van der Waals surface area (Å²) in [6.07, 6.45) is 0. The molecule has 4 aromatic rings. The Labute approximate surface area is 211 Å². The van der Waals surface area contributed by atoms with Crippen molar-refractivity contribution in [3.63, 3.8) is 0 Å². The van der Waals surface area contributed by atoms with E-state index >= 15 is 0 Å². The Morgan fingerprint density at radius 1 is 0.944 bits per heavy atom. The zero-order valence-electron chi connectivity index (χ0n) is 21.0. The predicted octanol–water partition coefficient (Wildman–Crippen LogP) is 4.62. The minimum Gasteiger partial charge on any atom is -0.494 e. The number of hydrogen-bond donors (Lipinski definition) is 1. The van der Waals surface area contributed by atoms with E-state index in [2.05, 4.69) is 10.2 Å². The largest absolute Gasteiger partial charge is 0.494 e. The van der Waals surface area contributed by atoms with Gasteiger partial charge in [0.05, 0.1) is 24.1 Å². The van der Waals surface area contributed by atoms with Crippen molar-refractivity contribution in [1.29, 1.82) is 0 Å².